The van der Waals surface area contributed by atoms with E-state index in [1.54, 1.807) is 0 Å². The average molecular weight is 194 g/mol. The van der Waals surface area contributed by atoms with Crippen molar-refractivity contribution in [2.45, 2.75) is 32.2 Å². The Hall–Kier alpha value is -0.520. The normalized spacial score (nSPS) is 20.7. The van der Waals surface area contributed by atoms with Crippen LogP contribution in [0.4, 0.5) is 0 Å². The molecule has 1 N–H and O–H groups in total. The van der Waals surface area contributed by atoms with Crippen molar-refractivity contribution < 1.29 is 0 Å². The topological polar surface area (TPSA) is 15.3 Å². The maximum Gasteiger partial charge on any atom is 0.0706 e. The third-order valence-electron chi connectivity index (χ3n) is 3.12. The summed E-state index contributed by atoms with van der Waals surface area (Å²) in [6.07, 6.45) is 9.13. The summed E-state index contributed by atoms with van der Waals surface area (Å²) in [5.41, 5.74) is 0. The molecule has 0 aromatic heterocycles. The number of hydrogen-bond acceptors (Lipinski definition) is 2. The van der Waals surface area contributed by atoms with E-state index in [-0.39, 0.29) is 0 Å². The molecule has 0 saturated carbocycles. The van der Waals surface area contributed by atoms with Crippen molar-refractivity contribution >= 4 is 0 Å². The van der Waals surface area contributed by atoms with Gasteiger partial charge in [0.05, 0.1) is 6.04 Å². The Morgan fingerprint density at radius 2 is 2.14 bits per heavy atom. The van der Waals surface area contributed by atoms with Gasteiger partial charge in [-0.05, 0) is 45.3 Å². The van der Waals surface area contributed by atoms with Gasteiger partial charge in [0.1, 0.15) is 0 Å². The lowest BCUT2D eigenvalue weighted by molar-refractivity contribution is 0.212. The first-order valence-corrected chi connectivity index (χ1v) is 5.65. The van der Waals surface area contributed by atoms with Crippen LogP contribution in [0.25, 0.3) is 0 Å². The summed E-state index contributed by atoms with van der Waals surface area (Å²) >= 11 is 0. The molecule has 1 aliphatic rings. The van der Waals surface area contributed by atoms with E-state index in [4.69, 9.17) is 6.42 Å². The standard InChI is InChI=1S/C12H22N2/c1-4-12(5-2)14(3)10-11-6-8-13-9-7-11/h1,11-13H,5-10H2,2-3H3. The Kier molecular flexibility index (Phi) is 5.00. The number of hydrogen-bond donors (Lipinski definition) is 1. The van der Waals surface area contributed by atoms with Gasteiger partial charge in [0.25, 0.3) is 0 Å². The Labute approximate surface area is 88.1 Å². The summed E-state index contributed by atoms with van der Waals surface area (Å²) in [4.78, 5) is 2.33. The van der Waals surface area contributed by atoms with Gasteiger partial charge in [0, 0.05) is 6.54 Å². The second-order valence-corrected chi connectivity index (χ2v) is 4.22. The Bertz CT molecular complexity index is 189. The second kappa shape index (κ2) is 6.06. The van der Waals surface area contributed by atoms with Crippen LogP contribution in [0.2, 0.25) is 0 Å². The van der Waals surface area contributed by atoms with E-state index >= 15 is 0 Å². The lowest BCUT2D eigenvalue weighted by Crippen LogP contribution is -2.38. The Balaban J connectivity index is 2.31. The second-order valence-electron chi connectivity index (χ2n) is 4.22. The Morgan fingerprint density at radius 1 is 1.50 bits per heavy atom. The Morgan fingerprint density at radius 3 is 2.64 bits per heavy atom. The summed E-state index contributed by atoms with van der Waals surface area (Å²) < 4.78 is 0. The van der Waals surface area contributed by atoms with Crippen LogP contribution in [0.1, 0.15) is 26.2 Å². The van der Waals surface area contributed by atoms with E-state index in [9.17, 15) is 0 Å². The molecule has 1 rings (SSSR count). The van der Waals surface area contributed by atoms with Crippen molar-refractivity contribution in [3.63, 3.8) is 0 Å². The fraction of sp³-hybridized carbons (Fsp3) is 0.833. The highest BCUT2D eigenvalue weighted by Gasteiger charge is 2.17. The molecule has 1 unspecified atom stereocenters. The molecule has 1 aliphatic heterocycles. The van der Waals surface area contributed by atoms with E-state index in [2.05, 4.69) is 30.1 Å². The molecule has 2 nitrogen and oxygen atoms in total. The molecule has 0 bridgehead atoms. The monoisotopic (exact) mass is 194 g/mol. The van der Waals surface area contributed by atoms with E-state index in [1.165, 1.54) is 25.9 Å². The van der Waals surface area contributed by atoms with Gasteiger partial charge in [0.15, 0.2) is 0 Å². The minimum Gasteiger partial charge on any atom is -0.317 e. The van der Waals surface area contributed by atoms with Gasteiger partial charge in [-0.15, -0.1) is 6.42 Å². The first kappa shape index (κ1) is 11.6. The number of piperidine rings is 1. The van der Waals surface area contributed by atoms with Crippen LogP contribution < -0.4 is 5.32 Å². The fourth-order valence-electron chi connectivity index (χ4n) is 2.16. The molecule has 0 aliphatic carbocycles. The van der Waals surface area contributed by atoms with E-state index in [1.807, 2.05) is 0 Å². The van der Waals surface area contributed by atoms with Crippen molar-refractivity contribution in [3.05, 3.63) is 0 Å². The zero-order chi connectivity index (χ0) is 10.4. The average Bonchev–Trinajstić information content (AvgIpc) is 2.21. The number of nitrogens with zero attached hydrogens (tertiary/aromatic N) is 1. The summed E-state index contributed by atoms with van der Waals surface area (Å²) in [5.74, 6) is 3.69. The minimum absolute atomic E-state index is 0.324. The summed E-state index contributed by atoms with van der Waals surface area (Å²) in [6, 6.07) is 0.324. The van der Waals surface area contributed by atoms with E-state index < -0.39 is 0 Å². The molecular weight excluding hydrogens is 172 g/mol. The lowest BCUT2D eigenvalue weighted by atomic mass is 9.97. The van der Waals surface area contributed by atoms with Gasteiger partial charge in [-0.3, -0.25) is 4.90 Å². The van der Waals surface area contributed by atoms with Gasteiger partial charge in [-0.2, -0.15) is 0 Å². The summed E-state index contributed by atoms with van der Waals surface area (Å²) in [7, 11) is 2.15. The molecule has 0 aromatic rings. The highest BCUT2D eigenvalue weighted by Crippen LogP contribution is 2.14. The van der Waals surface area contributed by atoms with Crippen LogP contribution in [0.15, 0.2) is 0 Å². The van der Waals surface area contributed by atoms with Crippen molar-refractivity contribution in [3.8, 4) is 12.3 Å². The van der Waals surface area contributed by atoms with Crippen LogP contribution in [0.3, 0.4) is 0 Å². The first-order valence-electron chi connectivity index (χ1n) is 5.65. The van der Waals surface area contributed by atoms with Crippen LogP contribution >= 0.6 is 0 Å². The van der Waals surface area contributed by atoms with Crippen molar-refractivity contribution in [2.24, 2.45) is 5.92 Å². The fourth-order valence-corrected chi connectivity index (χ4v) is 2.16. The molecule has 1 atom stereocenters. The van der Waals surface area contributed by atoms with Gasteiger partial charge >= 0.3 is 0 Å². The zero-order valence-corrected chi connectivity index (χ0v) is 9.42. The molecular formula is C12H22N2. The van der Waals surface area contributed by atoms with E-state index in [0.717, 1.165) is 18.9 Å². The third kappa shape index (κ3) is 3.32. The molecule has 0 amide bonds. The van der Waals surface area contributed by atoms with E-state index in [0.29, 0.717) is 6.04 Å². The minimum atomic E-state index is 0.324. The molecule has 0 aromatic carbocycles. The smallest absolute Gasteiger partial charge is 0.0706 e. The molecule has 80 valence electrons. The number of nitrogens with one attached hydrogen (secondary N) is 1. The predicted molar refractivity (Wildman–Crippen MR) is 61.1 cm³/mol. The largest absolute Gasteiger partial charge is 0.317 e. The molecule has 1 saturated heterocycles. The van der Waals surface area contributed by atoms with Crippen LogP contribution in [-0.4, -0.2) is 37.6 Å². The zero-order valence-electron chi connectivity index (χ0n) is 9.42. The van der Waals surface area contributed by atoms with Crippen LogP contribution in [0.5, 0.6) is 0 Å². The number of rotatable bonds is 4. The quantitative estimate of drug-likeness (QED) is 0.679. The van der Waals surface area contributed by atoms with Gasteiger partial charge < -0.3 is 5.32 Å². The van der Waals surface area contributed by atoms with Crippen LogP contribution in [-0.2, 0) is 0 Å². The maximum atomic E-state index is 5.49. The lowest BCUT2D eigenvalue weighted by Gasteiger charge is -2.30. The van der Waals surface area contributed by atoms with Crippen molar-refractivity contribution in [2.75, 3.05) is 26.7 Å². The molecule has 2 heteroatoms. The maximum absolute atomic E-state index is 5.49. The molecule has 1 fully saturated rings. The highest BCUT2D eigenvalue weighted by atomic mass is 15.1. The first-order chi connectivity index (χ1) is 6.77. The molecule has 0 radical (unpaired) electrons. The SMILES string of the molecule is C#CC(CC)N(C)CC1CCNCC1. The third-order valence-corrected chi connectivity index (χ3v) is 3.12. The van der Waals surface area contributed by atoms with Gasteiger partial charge in [-0.25, -0.2) is 0 Å². The highest BCUT2D eigenvalue weighted by molar-refractivity contribution is 4.98. The summed E-state index contributed by atoms with van der Waals surface area (Å²) in [6.45, 7) is 5.66. The van der Waals surface area contributed by atoms with Crippen molar-refractivity contribution in [1.29, 1.82) is 0 Å². The van der Waals surface area contributed by atoms with Gasteiger partial charge in [0.2, 0.25) is 0 Å². The summed E-state index contributed by atoms with van der Waals surface area (Å²) in [5, 5.41) is 3.39. The molecule has 14 heavy (non-hydrogen) atoms. The molecule has 1 heterocycles. The predicted octanol–water partition coefficient (Wildman–Crippen LogP) is 1.33. The van der Waals surface area contributed by atoms with Crippen molar-refractivity contribution in [1.82, 2.24) is 10.2 Å². The van der Waals surface area contributed by atoms with Crippen LogP contribution in [0, 0.1) is 18.3 Å². The van der Waals surface area contributed by atoms with Gasteiger partial charge in [-0.1, -0.05) is 12.8 Å². The number of terminal acetylenes is 1. The molecule has 0 spiro atoms.